The normalized spacial score (nSPS) is 11.5. The summed E-state index contributed by atoms with van der Waals surface area (Å²) in [4.78, 5) is 19.1. The minimum absolute atomic E-state index is 0.114. The van der Waals surface area contributed by atoms with E-state index in [2.05, 4.69) is 5.32 Å². The first kappa shape index (κ1) is 24.2. The summed E-state index contributed by atoms with van der Waals surface area (Å²) < 4.78 is 28.4. The third kappa shape index (κ3) is 4.41. The molecular formula is C27H23N3O3S3. The van der Waals surface area contributed by atoms with E-state index in [1.54, 1.807) is 35.6 Å². The number of fused-ring (bicyclic) bond motifs is 1. The highest BCUT2D eigenvalue weighted by atomic mass is 32.2. The molecule has 0 unspecified atom stereocenters. The zero-order valence-electron chi connectivity index (χ0n) is 19.8. The Bertz CT molecular complexity index is 1640. The van der Waals surface area contributed by atoms with Crippen molar-refractivity contribution in [3.8, 4) is 10.6 Å². The molecule has 0 saturated heterocycles. The number of aromatic nitrogens is 1. The standard InChI is InChI=1S/C27H23N3O3S3/c1-17-18(2)34-27(24(17)26-28-22-11-7-8-12-23(22)35-26)29-25(31)19-13-15-21(16-14-19)36(32,33)30(3)20-9-5-4-6-10-20/h4-16H,1-3H3,(H,29,31). The fourth-order valence-corrected chi connectivity index (χ4v) is 7.23. The molecule has 0 atom stereocenters. The second-order valence-corrected chi connectivity index (χ2v) is 12.5. The molecule has 3 aromatic carbocycles. The van der Waals surface area contributed by atoms with Crippen LogP contribution < -0.4 is 9.62 Å². The van der Waals surface area contributed by atoms with E-state index < -0.39 is 10.0 Å². The summed E-state index contributed by atoms with van der Waals surface area (Å²) in [6.07, 6.45) is 0. The maximum atomic E-state index is 13.1. The zero-order valence-corrected chi connectivity index (χ0v) is 22.3. The minimum atomic E-state index is -3.75. The highest BCUT2D eigenvalue weighted by Gasteiger charge is 2.23. The summed E-state index contributed by atoms with van der Waals surface area (Å²) >= 11 is 3.10. The molecule has 0 fully saturated rings. The SMILES string of the molecule is Cc1sc(NC(=O)c2ccc(S(=O)(=O)N(C)c3ccccc3)cc2)c(-c2nc3ccccc3s2)c1C. The zero-order chi connectivity index (χ0) is 25.4. The number of amides is 1. The third-order valence-corrected chi connectivity index (χ3v) is 9.99. The van der Waals surface area contributed by atoms with Crippen LogP contribution >= 0.6 is 22.7 Å². The fourth-order valence-electron chi connectivity index (χ4n) is 3.84. The molecule has 0 spiro atoms. The molecule has 0 aliphatic carbocycles. The number of carbonyl (C=O) groups excluding carboxylic acids is 1. The molecule has 182 valence electrons. The lowest BCUT2D eigenvalue weighted by Crippen LogP contribution is -2.26. The lowest BCUT2D eigenvalue weighted by molar-refractivity contribution is 0.102. The van der Waals surface area contributed by atoms with Gasteiger partial charge >= 0.3 is 0 Å². The summed E-state index contributed by atoms with van der Waals surface area (Å²) in [6, 6.07) is 22.8. The molecule has 0 aliphatic rings. The molecule has 0 bridgehead atoms. The molecule has 0 saturated carbocycles. The number of aryl methyl sites for hydroxylation is 1. The summed E-state index contributed by atoms with van der Waals surface area (Å²) in [5.74, 6) is -0.307. The number of benzene rings is 3. The van der Waals surface area contributed by atoms with Crippen molar-refractivity contribution in [3.05, 3.63) is 94.9 Å². The maximum absolute atomic E-state index is 13.1. The van der Waals surface area contributed by atoms with Crippen LogP contribution in [0.1, 0.15) is 20.8 Å². The van der Waals surface area contributed by atoms with E-state index in [9.17, 15) is 13.2 Å². The molecule has 36 heavy (non-hydrogen) atoms. The van der Waals surface area contributed by atoms with E-state index in [0.717, 1.165) is 36.2 Å². The van der Waals surface area contributed by atoms with Crippen LogP contribution in [-0.2, 0) is 10.0 Å². The first-order valence-electron chi connectivity index (χ1n) is 11.2. The summed E-state index contributed by atoms with van der Waals surface area (Å²) in [5, 5.41) is 4.62. The van der Waals surface area contributed by atoms with Gasteiger partial charge in [0.15, 0.2) is 0 Å². The first-order valence-corrected chi connectivity index (χ1v) is 14.2. The molecule has 6 nitrogen and oxygen atoms in total. The van der Waals surface area contributed by atoms with Crippen molar-refractivity contribution in [1.29, 1.82) is 0 Å². The van der Waals surface area contributed by atoms with Gasteiger partial charge in [-0.3, -0.25) is 9.10 Å². The van der Waals surface area contributed by atoms with Crippen LogP contribution in [0.15, 0.2) is 83.8 Å². The van der Waals surface area contributed by atoms with E-state index >= 15 is 0 Å². The quantitative estimate of drug-likeness (QED) is 0.263. The van der Waals surface area contributed by atoms with Crippen LogP contribution in [0.5, 0.6) is 0 Å². The highest BCUT2D eigenvalue weighted by Crippen LogP contribution is 2.43. The Morgan fingerprint density at radius 1 is 0.889 bits per heavy atom. The van der Waals surface area contributed by atoms with E-state index in [4.69, 9.17) is 4.98 Å². The van der Waals surface area contributed by atoms with Crippen molar-refractivity contribution in [2.24, 2.45) is 0 Å². The number of nitrogens with zero attached hydrogens (tertiary/aromatic N) is 2. The second kappa shape index (κ2) is 9.50. The number of carbonyl (C=O) groups is 1. The van der Waals surface area contributed by atoms with Gasteiger partial charge in [0, 0.05) is 23.1 Å². The van der Waals surface area contributed by atoms with Crippen molar-refractivity contribution in [2.75, 3.05) is 16.7 Å². The third-order valence-electron chi connectivity index (χ3n) is 6.01. The lowest BCUT2D eigenvalue weighted by Gasteiger charge is -2.19. The Hall–Kier alpha value is -3.53. The van der Waals surface area contributed by atoms with E-state index in [1.807, 2.05) is 44.2 Å². The van der Waals surface area contributed by atoms with E-state index in [-0.39, 0.29) is 10.8 Å². The number of thiophene rings is 1. The van der Waals surface area contributed by atoms with Crippen LogP contribution in [0.4, 0.5) is 10.7 Å². The molecule has 2 aromatic heterocycles. The van der Waals surface area contributed by atoms with Gasteiger partial charge in [-0.1, -0.05) is 30.3 Å². The van der Waals surface area contributed by atoms with Crippen molar-refractivity contribution >= 4 is 59.5 Å². The Labute approximate surface area is 217 Å². The lowest BCUT2D eigenvalue weighted by atomic mass is 10.1. The number of rotatable bonds is 6. The molecule has 5 rings (SSSR count). The van der Waals surface area contributed by atoms with Gasteiger partial charge in [0.25, 0.3) is 15.9 Å². The number of para-hydroxylation sites is 2. The van der Waals surface area contributed by atoms with Crippen LogP contribution in [0.25, 0.3) is 20.8 Å². The van der Waals surface area contributed by atoms with Crippen LogP contribution in [0, 0.1) is 13.8 Å². The topological polar surface area (TPSA) is 79.4 Å². The monoisotopic (exact) mass is 533 g/mol. The minimum Gasteiger partial charge on any atom is -0.313 e. The molecular weight excluding hydrogens is 511 g/mol. The Balaban J connectivity index is 1.41. The molecule has 0 aliphatic heterocycles. The Kier molecular flexibility index (Phi) is 6.38. The maximum Gasteiger partial charge on any atom is 0.264 e. The first-order chi connectivity index (χ1) is 17.3. The largest absolute Gasteiger partial charge is 0.313 e. The Morgan fingerprint density at radius 2 is 1.56 bits per heavy atom. The predicted molar refractivity (Wildman–Crippen MR) is 149 cm³/mol. The molecule has 2 heterocycles. The average Bonchev–Trinajstić information content (AvgIpc) is 3.43. The van der Waals surface area contributed by atoms with E-state index in [1.165, 1.54) is 47.0 Å². The van der Waals surface area contributed by atoms with Crippen molar-refractivity contribution in [3.63, 3.8) is 0 Å². The number of hydrogen-bond acceptors (Lipinski definition) is 6. The van der Waals surface area contributed by atoms with Gasteiger partial charge in [-0.05, 0) is 67.9 Å². The van der Waals surface area contributed by atoms with Crippen molar-refractivity contribution < 1.29 is 13.2 Å². The second-order valence-electron chi connectivity index (χ2n) is 8.26. The summed E-state index contributed by atoms with van der Waals surface area (Å²) in [7, 11) is -2.24. The molecule has 1 N–H and O–H groups in total. The van der Waals surface area contributed by atoms with Gasteiger partial charge in [0.1, 0.15) is 10.0 Å². The number of nitrogens with one attached hydrogen (secondary N) is 1. The summed E-state index contributed by atoms with van der Waals surface area (Å²) in [6.45, 7) is 4.06. The number of anilines is 2. The van der Waals surface area contributed by atoms with Gasteiger partial charge in [-0.25, -0.2) is 13.4 Å². The van der Waals surface area contributed by atoms with Crippen LogP contribution in [-0.4, -0.2) is 26.4 Å². The van der Waals surface area contributed by atoms with Crippen molar-refractivity contribution in [2.45, 2.75) is 18.7 Å². The molecule has 0 radical (unpaired) electrons. The van der Waals surface area contributed by atoms with Gasteiger partial charge < -0.3 is 5.32 Å². The summed E-state index contributed by atoms with van der Waals surface area (Å²) in [5.41, 5.74) is 3.87. The molecule has 5 aromatic rings. The van der Waals surface area contributed by atoms with Crippen molar-refractivity contribution in [1.82, 2.24) is 4.98 Å². The number of sulfonamides is 1. The van der Waals surface area contributed by atoms with Gasteiger partial charge in [-0.2, -0.15) is 0 Å². The number of thiazole rings is 1. The average molecular weight is 534 g/mol. The van der Waals surface area contributed by atoms with Crippen LogP contribution in [0.3, 0.4) is 0 Å². The molecule has 1 amide bonds. The smallest absolute Gasteiger partial charge is 0.264 e. The highest BCUT2D eigenvalue weighted by molar-refractivity contribution is 7.92. The van der Waals surface area contributed by atoms with E-state index in [0.29, 0.717) is 11.3 Å². The predicted octanol–water partition coefficient (Wildman–Crippen LogP) is 6.72. The fraction of sp³-hybridized carbons (Fsp3) is 0.111. The van der Waals surface area contributed by atoms with Crippen LogP contribution in [0.2, 0.25) is 0 Å². The molecule has 9 heteroatoms. The van der Waals surface area contributed by atoms with Gasteiger partial charge in [0.05, 0.1) is 20.8 Å². The van der Waals surface area contributed by atoms with Gasteiger partial charge in [-0.15, -0.1) is 22.7 Å². The number of hydrogen-bond donors (Lipinski definition) is 1. The van der Waals surface area contributed by atoms with Gasteiger partial charge in [0.2, 0.25) is 0 Å². The Morgan fingerprint density at radius 3 is 2.25 bits per heavy atom.